The summed E-state index contributed by atoms with van der Waals surface area (Å²) >= 11 is 1.13. The van der Waals surface area contributed by atoms with E-state index in [2.05, 4.69) is 10.3 Å². The topological polar surface area (TPSA) is 83.2 Å². The van der Waals surface area contributed by atoms with Crippen molar-refractivity contribution in [3.8, 4) is 17.2 Å². The molecular weight excluding hydrogens is 522 g/mol. The summed E-state index contributed by atoms with van der Waals surface area (Å²) in [5, 5.41) is 13.3. The Bertz CT molecular complexity index is 1510. The van der Waals surface area contributed by atoms with Crippen molar-refractivity contribution in [1.29, 1.82) is 5.26 Å². The third-order valence-electron chi connectivity index (χ3n) is 6.87. The highest BCUT2D eigenvalue weighted by Crippen LogP contribution is 2.49. The highest BCUT2D eigenvalue weighted by molar-refractivity contribution is 7.99. The molecule has 2 aliphatic heterocycles. The fourth-order valence-electron chi connectivity index (χ4n) is 5.34. The number of piperazine rings is 1. The molecule has 200 valence electrons. The first-order valence-corrected chi connectivity index (χ1v) is 13.1. The van der Waals surface area contributed by atoms with Crippen LogP contribution in [-0.4, -0.2) is 53.7 Å². The normalized spacial score (nSPS) is 21.8. The second kappa shape index (κ2) is 9.87. The number of thioether (sulfide) groups is 1. The third-order valence-corrected chi connectivity index (χ3v) is 8.09. The zero-order chi connectivity index (χ0) is 27.4. The standard InChI is InChI=1S/C26H25F4N5O2S/c1-13-9-34(10-14(2)32-13)24-19-7-20(26(28,29)30)21(18-5-4-16(27)6-15(18)8-31)23-22(19)35(25(36)33-24)11-17(37-3)12-38-23/h4-7,13-14,17,32H,9-12H2,1-3H3/t13-,14+,17-/m0/s1. The first-order valence-electron chi connectivity index (χ1n) is 12.1. The van der Waals surface area contributed by atoms with Crippen LogP contribution in [0.2, 0.25) is 0 Å². The summed E-state index contributed by atoms with van der Waals surface area (Å²) in [6.45, 7) is 4.94. The number of halogens is 4. The van der Waals surface area contributed by atoms with Gasteiger partial charge in [0.15, 0.2) is 0 Å². The molecule has 0 aliphatic carbocycles. The monoisotopic (exact) mass is 547 g/mol. The lowest BCUT2D eigenvalue weighted by atomic mass is 9.93. The molecule has 12 heteroatoms. The number of aromatic nitrogens is 2. The van der Waals surface area contributed by atoms with E-state index < -0.39 is 29.4 Å². The second-order valence-electron chi connectivity index (χ2n) is 9.69. The maximum absolute atomic E-state index is 14.7. The van der Waals surface area contributed by atoms with Gasteiger partial charge in [-0.05, 0) is 32.0 Å². The third kappa shape index (κ3) is 4.63. The number of alkyl halides is 3. The van der Waals surface area contributed by atoms with Crippen LogP contribution in [0.1, 0.15) is 25.0 Å². The van der Waals surface area contributed by atoms with Gasteiger partial charge < -0.3 is 15.0 Å². The minimum absolute atomic E-state index is 0.0270. The van der Waals surface area contributed by atoms with Crippen molar-refractivity contribution in [3.63, 3.8) is 0 Å². The molecule has 3 heterocycles. The molecule has 38 heavy (non-hydrogen) atoms. The average molecular weight is 548 g/mol. The van der Waals surface area contributed by atoms with Crippen molar-refractivity contribution >= 4 is 28.5 Å². The molecule has 0 amide bonds. The lowest BCUT2D eigenvalue weighted by Crippen LogP contribution is -2.55. The lowest BCUT2D eigenvalue weighted by molar-refractivity contribution is -0.137. The summed E-state index contributed by atoms with van der Waals surface area (Å²) in [5.74, 6) is -0.278. The highest BCUT2D eigenvalue weighted by Gasteiger charge is 2.39. The summed E-state index contributed by atoms with van der Waals surface area (Å²) in [6.07, 6.45) is -5.28. The predicted octanol–water partition coefficient (Wildman–Crippen LogP) is 4.40. The van der Waals surface area contributed by atoms with Crippen molar-refractivity contribution in [2.45, 2.75) is 49.7 Å². The van der Waals surface area contributed by atoms with Crippen LogP contribution in [0.4, 0.5) is 23.4 Å². The Kier molecular flexibility index (Phi) is 6.87. The summed E-state index contributed by atoms with van der Waals surface area (Å²) in [4.78, 5) is 19.7. The number of nitrogens with zero attached hydrogens (tertiary/aromatic N) is 4. The molecule has 0 saturated carbocycles. The molecule has 1 fully saturated rings. The first-order chi connectivity index (χ1) is 18.0. The molecule has 2 aliphatic rings. The number of anilines is 1. The SMILES string of the molecule is CO[C@@H]1CSc2c(-c3ccc(F)cc3C#N)c(C(F)(F)F)cc3c(N4C[C@@H](C)N[C@@H](C)C4)nc(=O)n(c23)C1. The van der Waals surface area contributed by atoms with Crippen LogP contribution in [0, 0.1) is 17.1 Å². The molecule has 0 radical (unpaired) electrons. The van der Waals surface area contributed by atoms with Gasteiger partial charge >= 0.3 is 11.9 Å². The predicted molar refractivity (Wildman–Crippen MR) is 137 cm³/mol. The van der Waals surface area contributed by atoms with Gasteiger partial charge in [-0.2, -0.15) is 23.4 Å². The number of rotatable bonds is 3. The molecule has 5 rings (SSSR count). The maximum Gasteiger partial charge on any atom is 0.417 e. The van der Waals surface area contributed by atoms with E-state index >= 15 is 0 Å². The van der Waals surface area contributed by atoms with Gasteiger partial charge in [-0.25, -0.2) is 9.18 Å². The molecule has 0 bridgehead atoms. The van der Waals surface area contributed by atoms with E-state index in [1.54, 1.807) is 0 Å². The van der Waals surface area contributed by atoms with Gasteiger partial charge in [0.25, 0.3) is 0 Å². The van der Waals surface area contributed by atoms with E-state index in [0.29, 0.717) is 18.6 Å². The van der Waals surface area contributed by atoms with E-state index in [4.69, 9.17) is 4.74 Å². The summed E-state index contributed by atoms with van der Waals surface area (Å²) in [5.41, 5.74) is -1.80. The quantitative estimate of drug-likeness (QED) is 0.487. The van der Waals surface area contributed by atoms with Gasteiger partial charge in [0.05, 0.1) is 35.4 Å². The number of methoxy groups -OCH3 is 1. The van der Waals surface area contributed by atoms with Crippen LogP contribution in [0.25, 0.3) is 22.0 Å². The second-order valence-corrected chi connectivity index (χ2v) is 10.7. The van der Waals surface area contributed by atoms with Crippen molar-refractivity contribution in [3.05, 3.63) is 51.7 Å². The van der Waals surface area contributed by atoms with E-state index in [9.17, 15) is 27.6 Å². The number of ether oxygens (including phenoxy) is 1. The largest absolute Gasteiger partial charge is 0.417 e. The van der Waals surface area contributed by atoms with Crippen LogP contribution in [0.3, 0.4) is 0 Å². The molecule has 0 spiro atoms. The van der Waals surface area contributed by atoms with Crippen molar-refractivity contribution in [2.24, 2.45) is 0 Å². The van der Waals surface area contributed by atoms with Gasteiger partial charge in [0.1, 0.15) is 11.6 Å². The van der Waals surface area contributed by atoms with Gasteiger partial charge in [-0.3, -0.25) is 4.57 Å². The van der Waals surface area contributed by atoms with E-state index in [1.165, 1.54) is 17.7 Å². The Labute approximate surface area is 220 Å². The molecule has 1 saturated heterocycles. The number of nitriles is 1. The zero-order valence-corrected chi connectivity index (χ0v) is 21.7. The van der Waals surface area contributed by atoms with Gasteiger partial charge in [0, 0.05) is 59.4 Å². The number of hydrogen-bond donors (Lipinski definition) is 1. The smallest absolute Gasteiger partial charge is 0.379 e. The summed E-state index contributed by atoms with van der Waals surface area (Å²) in [6, 6.07) is 6.03. The highest BCUT2D eigenvalue weighted by atomic mass is 32.2. The zero-order valence-electron chi connectivity index (χ0n) is 20.9. The van der Waals surface area contributed by atoms with Gasteiger partial charge in [-0.1, -0.05) is 6.07 Å². The molecule has 0 unspecified atom stereocenters. The van der Waals surface area contributed by atoms with Crippen LogP contribution in [0.5, 0.6) is 0 Å². The summed E-state index contributed by atoms with van der Waals surface area (Å²) in [7, 11) is 1.48. The molecule has 3 aromatic rings. The van der Waals surface area contributed by atoms with E-state index in [0.717, 1.165) is 30.0 Å². The molecule has 3 atom stereocenters. The van der Waals surface area contributed by atoms with Gasteiger partial charge in [-0.15, -0.1) is 11.8 Å². The van der Waals surface area contributed by atoms with E-state index in [1.807, 2.05) is 24.8 Å². The maximum atomic E-state index is 14.7. The molecule has 7 nitrogen and oxygen atoms in total. The van der Waals surface area contributed by atoms with Crippen LogP contribution < -0.4 is 15.9 Å². The summed E-state index contributed by atoms with van der Waals surface area (Å²) < 4.78 is 65.0. The minimum atomic E-state index is -4.81. The molecular formula is C26H25F4N5O2S. The Morgan fingerprint density at radius 3 is 2.53 bits per heavy atom. The minimum Gasteiger partial charge on any atom is -0.379 e. The lowest BCUT2D eigenvalue weighted by Gasteiger charge is -2.37. The Morgan fingerprint density at radius 1 is 1.18 bits per heavy atom. The number of benzene rings is 2. The van der Waals surface area contributed by atoms with Crippen LogP contribution in [-0.2, 0) is 17.5 Å². The fourth-order valence-corrected chi connectivity index (χ4v) is 6.65. The fraction of sp³-hybridized carbons (Fsp3) is 0.423. The molecule has 1 N–H and O–H groups in total. The van der Waals surface area contributed by atoms with Crippen molar-refractivity contribution in [2.75, 3.05) is 30.9 Å². The number of nitrogens with one attached hydrogen (secondary N) is 1. The van der Waals surface area contributed by atoms with Crippen molar-refractivity contribution < 1.29 is 22.3 Å². The average Bonchev–Trinajstić information content (AvgIpc) is 3.05. The van der Waals surface area contributed by atoms with E-state index in [-0.39, 0.29) is 57.2 Å². The number of hydrogen-bond acceptors (Lipinski definition) is 7. The van der Waals surface area contributed by atoms with Crippen molar-refractivity contribution in [1.82, 2.24) is 14.9 Å². The van der Waals surface area contributed by atoms with Gasteiger partial charge in [0.2, 0.25) is 0 Å². The first kappa shape index (κ1) is 26.5. The molecule has 1 aromatic heterocycles. The Balaban J connectivity index is 1.93. The van der Waals surface area contributed by atoms with Crippen LogP contribution in [0.15, 0.2) is 34.0 Å². The molecule has 2 aromatic carbocycles. The Hall–Kier alpha value is -3.14. The Morgan fingerprint density at radius 2 is 1.89 bits per heavy atom. The van der Waals surface area contributed by atoms with Crippen LogP contribution >= 0.6 is 11.8 Å².